The highest BCUT2D eigenvalue weighted by atomic mass is 16.5. The van der Waals surface area contributed by atoms with Crippen LogP contribution in [0.25, 0.3) is 0 Å². The molecule has 1 N–H and O–H groups in total. The lowest BCUT2D eigenvalue weighted by molar-refractivity contribution is 0.379. The van der Waals surface area contributed by atoms with Crippen molar-refractivity contribution >= 4 is 0 Å². The molecular weight excluding hydrogens is 186 g/mol. The smallest absolute Gasteiger partial charge is 0.118 e. The summed E-state index contributed by atoms with van der Waals surface area (Å²) in [5.41, 5.74) is 1.63. The molecule has 1 aromatic carbocycles. The maximum Gasteiger partial charge on any atom is 0.118 e. The first-order chi connectivity index (χ1) is 7.01. The first-order valence-corrected chi connectivity index (χ1v) is 5.35. The van der Waals surface area contributed by atoms with E-state index in [4.69, 9.17) is 4.74 Å². The molecular formula is C13H21NO. The van der Waals surface area contributed by atoms with Crippen molar-refractivity contribution in [1.29, 1.82) is 0 Å². The Hall–Kier alpha value is -1.02. The summed E-state index contributed by atoms with van der Waals surface area (Å²) >= 11 is 0. The molecule has 2 heteroatoms. The van der Waals surface area contributed by atoms with E-state index in [9.17, 15) is 0 Å². The zero-order valence-electron chi connectivity index (χ0n) is 10.1. The van der Waals surface area contributed by atoms with Gasteiger partial charge in [0.05, 0.1) is 7.11 Å². The van der Waals surface area contributed by atoms with Gasteiger partial charge in [0.25, 0.3) is 0 Å². The van der Waals surface area contributed by atoms with E-state index in [1.165, 1.54) is 5.56 Å². The van der Waals surface area contributed by atoms with Gasteiger partial charge in [-0.15, -0.1) is 0 Å². The fraction of sp³-hybridized carbons (Fsp3) is 0.538. The normalized spacial score (nSPS) is 11.5. The molecule has 0 bridgehead atoms. The van der Waals surface area contributed by atoms with Crippen LogP contribution < -0.4 is 10.1 Å². The van der Waals surface area contributed by atoms with E-state index in [0.29, 0.717) is 5.41 Å². The van der Waals surface area contributed by atoms with Crippen LogP contribution >= 0.6 is 0 Å². The molecule has 1 rings (SSSR count). The van der Waals surface area contributed by atoms with Crippen molar-refractivity contribution in [3.63, 3.8) is 0 Å². The van der Waals surface area contributed by atoms with E-state index in [1.807, 2.05) is 12.1 Å². The van der Waals surface area contributed by atoms with Crippen LogP contribution in [0.2, 0.25) is 0 Å². The Morgan fingerprint density at radius 2 is 1.73 bits per heavy atom. The highest BCUT2D eigenvalue weighted by Crippen LogP contribution is 2.13. The third kappa shape index (κ3) is 4.84. The molecule has 0 saturated carbocycles. The molecule has 2 nitrogen and oxygen atoms in total. The fourth-order valence-corrected chi connectivity index (χ4v) is 1.33. The van der Waals surface area contributed by atoms with Crippen LogP contribution in [0.4, 0.5) is 0 Å². The molecule has 0 spiro atoms. The van der Waals surface area contributed by atoms with Crippen LogP contribution in [0.15, 0.2) is 24.3 Å². The van der Waals surface area contributed by atoms with Gasteiger partial charge in [0, 0.05) is 13.1 Å². The lowest BCUT2D eigenvalue weighted by atomic mass is 9.97. The predicted molar refractivity (Wildman–Crippen MR) is 64.2 cm³/mol. The molecule has 0 heterocycles. The molecule has 0 aliphatic carbocycles. The summed E-state index contributed by atoms with van der Waals surface area (Å²) in [6, 6.07) is 8.17. The van der Waals surface area contributed by atoms with Crippen molar-refractivity contribution in [2.75, 3.05) is 13.7 Å². The van der Waals surface area contributed by atoms with Gasteiger partial charge in [-0.25, -0.2) is 0 Å². The van der Waals surface area contributed by atoms with Gasteiger partial charge in [-0.3, -0.25) is 0 Å². The van der Waals surface area contributed by atoms with Gasteiger partial charge in [0.1, 0.15) is 5.75 Å². The molecule has 0 amide bonds. The second kappa shape index (κ2) is 5.17. The Kier molecular flexibility index (Phi) is 4.15. The van der Waals surface area contributed by atoms with Gasteiger partial charge in [0.15, 0.2) is 0 Å². The quantitative estimate of drug-likeness (QED) is 0.819. The Labute approximate surface area is 92.6 Å². The highest BCUT2D eigenvalue weighted by molar-refractivity contribution is 5.26. The number of hydrogen-bond acceptors (Lipinski definition) is 2. The predicted octanol–water partition coefficient (Wildman–Crippen LogP) is 2.83. The van der Waals surface area contributed by atoms with Gasteiger partial charge in [0.2, 0.25) is 0 Å². The van der Waals surface area contributed by atoms with Gasteiger partial charge in [-0.2, -0.15) is 0 Å². The average Bonchev–Trinajstić information content (AvgIpc) is 2.17. The molecule has 0 radical (unpaired) electrons. The zero-order valence-corrected chi connectivity index (χ0v) is 10.1. The van der Waals surface area contributed by atoms with E-state index in [1.54, 1.807) is 7.11 Å². The Morgan fingerprint density at radius 3 is 2.20 bits per heavy atom. The van der Waals surface area contributed by atoms with Crippen molar-refractivity contribution in [3.8, 4) is 5.75 Å². The van der Waals surface area contributed by atoms with Crippen LogP contribution in [-0.2, 0) is 6.54 Å². The highest BCUT2D eigenvalue weighted by Gasteiger charge is 2.08. The van der Waals surface area contributed by atoms with Gasteiger partial charge in [-0.05, 0) is 23.1 Å². The van der Waals surface area contributed by atoms with E-state index >= 15 is 0 Å². The molecule has 0 saturated heterocycles. The molecule has 0 atom stereocenters. The van der Waals surface area contributed by atoms with Crippen LogP contribution in [0.1, 0.15) is 26.3 Å². The standard InChI is InChI=1S/C13H21NO/c1-13(2,3)10-14-9-11-5-7-12(15-4)8-6-11/h5-8,14H,9-10H2,1-4H3. The third-order valence-corrected chi connectivity index (χ3v) is 2.14. The number of hydrogen-bond donors (Lipinski definition) is 1. The maximum atomic E-state index is 5.11. The number of rotatable bonds is 4. The van der Waals surface area contributed by atoms with Gasteiger partial charge < -0.3 is 10.1 Å². The molecule has 15 heavy (non-hydrogen) atoms. The molecule has 0 aliphatic heterocycles. The van der Waals surface area contributed by atoms with Crippen LogP contribution in [0.5, 0.6) is 5.75 Å². The van der Waals surface area contributed by atoms with Crippen molar-refractivity contribution < 1.29 is 4.74 Å². The topological polar surface area (TPSA) is 21.3 Å². The van der Waals surface area contributed by atoms with Crippen molar-refractivity contribution in [3.05, 3.63) is 29.8 Å². The minimum absolute atomic E-state index is 0.340. The SMILES string of the molecule is COc1ccc(CNCC(C)(C)C)cc1. The molecule has 0 aliphatic rings. The van der Waals surface area contributed by atoms with E-state index < -0.39 is 0 Å². The number of methoxy groups -OCH3 is 1. The summed E-state index contributed by atoms with van der Waals surface area (Å²) in [7, 11) is 1.69. The van der Waals surface area contributed by atoms with E-state index in [0.717, 1.165) is 18.8 Å². The lowest BCUT2D eigenvalue weighted by Crippen LogP contribution is -2.26. The molecule has 0 fully saturated rings. The largest absolute Gasteiger partial charge is 0.497 e. The first-order valence-electron chi connectivity index (χ1n) is 5.35. The Morgan fingerprint density at radius 1 is 1.13 bits per heavy atom. The first kappa shape index (κ1) is 12.1. The summed E-state index contributed by atoms with van der Waals surface area (Å²) in [5, 5.41) is 3.44. The summed E-state index contributed by atoms with van der Waals surface area (Å²) < 4.78 is 5.11. The van der Waals surface area contributed by atoms with Gasteiger partial charge in [-0.1, -0.05) is 32.9 Å². The summed E-state index contributed by atoms with van der Waals surface area (Å²) in [6.07, 6.45) is 0. The fourth-order valence-electron chi connectivity index (χ4n) is 1.33. The van der Waals surface area contributed by atoms with Crippen molar-refractivity contribution in [2.24, 2.45) is 5.41 Å². The van der Waals surface area contributed by atoms with Crippen LogP contribution in [0, 0.1) is 5.41 Å². The molecule has 84 valence electrons. The number of nitrogens with one attached hydrogen (secondary N) is 1. The van der Waals surface area contributed by atoms with Crippen molar-refractivity contribution in [1.82, 2.24) is 5.32 Å². The summed E-state index contributed by atoms with van der Waals surface area (Å²) in [5.74, 6) is 0.912. The molecule has 0 aromatic heterocycles. The second-order valence-corrected chi connectivity index (χ2v) is 5.01. The second-order valence-electron chi connectivity index (χ2n) is 5.01. The monoisotopic (exact) mass is 207 g/mol. The third-order valence-electron chi connectivity index (χ3n) is 2.14. The van der Waals surface area contributed by atoms with E-state index in [-0.39, 0.29) is 0 Å². The Balaban J connectivity index is 2.38. The Bertz CT molecular complexity index is 284. The number of ether oxygens (including phenoxy) is 1. The van der Waals surface area contributed by atoms with Crippen LogP contribution in [0.3, 0.4) is 0 Å². The lowest BCUT2D eigenvalue weighted by Gasteiger charge is -2.18. The minimum atomic E-state index is 0.340. The van der Waals surface area contributed by atoms with Gasteiger partial charge >= 0.3 is 0 Å². The van der Waals surface area contributed by atoms with E-state index in [2.05, 4.69) is 38.2 Å². The molecule has 0 unspecified atom stereocenters. The maximum absolute atomic E-state index is 5.11. The molecule has 1 aromatic rings. The summed E-state index contributed by atoms with van der Waals surface area (Å²) in [6.45, 7) is 8.64. The minimum Gasteiger partial charge on any atom is -0.497 e. The van der Waals surface area contributed by atoms with Crippen LogP contribution in [-0.4, -0.2) is 13.7 Å². The summed E-state index contributed by atoms with van der Waals surface area (Å²) in [4.78, 5) is 0. The number of benzene rings is 1. The van der Waals surface area contributed by atoms with Crippen molar-refractivity contribution in [2.45, 2.75) is 27.3 Å². The zero-order chi connectivity index (χ0) is 11.3. The average molecular weight is 207 g/mol.